The van der Waals surface area contributed by atoms with E-state index in [1.54, 1.807) is 29.3 Å². The molecule has 3 amide bonds. The van der Waals surface area contributed by atoms with E-state index < -0.39 is 6.04 Å². The van der Waals surface area contributed by atoms with Crippen LogP contribution in [0.2, 0.25) is 5.02 Å². The standard InChI is InChI=1S/C20H23ClN4O3S/c1-14(23-20(28)17-6-3-11-29-17)19(27)22-13-18(26)25-9-7-24(8-10-25)16-5-2-4-15(21)12-16/h2-6,11-12,14H,7-10,13H2,1H3,(H,22,27)(H,23,28). The molecule has 1 saturated heterocycles. The number of hydrogen-bond donors (Lipinski definition) is 2. The third-order valence-corrected chi connectivity index (χ3v) is 5.81. The summed E-state index contributed by atoms with van der Waals surface area (Å²) in [5.74, 6) is -0.826. The van der Waals surface area contributed by atoms with Crippen LogP contribution in [0.4, 0.5) is 5.69 Å². The molecular formula is C20H23ClN4O3S. The van der Waals surface area contributed by atoms with Gasteiger partial charge < -0.3 is 20.4 Å². The number of carbonyl (C=O) groups is 3. The maximum atomic E-state index is 12.4. The zero-order chi connectivity index (χ0) is 20.8. The predicted octanol–water partition coefficient (Wildman–Crippen LogP) is 1.98. The summed E-state index contributed by atoms with van der Waals surface area (Å²) < 4.78 is 0. The molecular weight excluding hydrogens is 412 g/mol. The average molecular weight is 435 g/mol. The number of amides is 3. The first-order valence-electron chi connectivity index (χ1n) is 9.34. The van der Waals surface area contributed by atoms with Crippen LogP contribution >= 0.6 is 22.9 Å². The number of hydrogen-bond acceptors (Lipinski definition) is 5. The molecule has 1 fully saturated rings. The first kappa shape index (κ1) is 21.1. The van der Waals surface area contributed by atoms with E-state index in [9.17, 15) is 14.4 Å². The van der Waals surface area contributed by atoms with Gasteiger partial charge in [-0.3, -0.25) is 14.4 Å². The van der Waals surface area contributed by atoms with Crippen molar-refractivity contribution in [2.45, 2.75) is 13.0 Å². The fraction of sp³-hybridized carbons (Fsp3) is 0.350. The highest BCUT2D eigenvalue weighted by Gasteiger charge is 2.23. The van der Waals surface area contributed by atoms with E-state index in [0.29, 0.717) is 36.1 Å². The molecule has 1 aliphatic rings. The molecule has 1 aromatic heterocycles. The molecule has 0 spiro atoms. The van der Waals surface area contributed by atoms with Crippen molar-refractivity contribution >= 4 is 46.3 Å². The van der Waals surface area contributed by atoms with Crippen molar-refractivity contribution in [1.82, 2.24) is 15.5 Å². The van der Waals surface area contributed by atoms with Crippen molar-refractivity contribution < 1.29 is 14.4 Å². The first-order chi connectivity index (χ1) is 13.9. The van der Waals surface area contributed by atoms with E-state index in [-0.39, 0.29) is 24.3 Å². The molecule has 7 nitrogen and oxygen atoms in total. The number of carbonyl (C=O) groups excluding carboxylic acids is 3. The molecule has 0 saturated carbocycles. The molecule has 1 aromatic carbocycles. The normalized spacial score (nSPS) is 15.0. The average Bonchev–Trinajstić information content (AvgIpc) is 3.27. The maximum Gasteiger partial charge on any atom is 0.261 e. The molecule has 0 radical (unpaired) electrons. The third-order valence-electron chi connectivity index (χ3n) is 4.71. The van der Waals surface area contributed by atoms with Gasteiger partial charge in [0.05, 0.1) is 11.4 Å². The summed E-state index contributed by atoms with van der Waals surface area (Å²) in [5.41, 5.74) is 1.04. The highest BCUT2D eigenvalue weighted by Crippen LogP contribution is 2.20. The minimum Gasteiger partial charge on any atom is -0.368 e. The van der Waals surface area contributed by atoms with Crippen LogP contribution in [0.3, 0.4) is 0 Å². The lowest BCUT2D eigenvalue weighted by atomic mass is 10.2. The molecule has 1 atom stereocenters. The van der Waals surface area contributed by atoms with Gasteiger partial charge in [0.1, 0.15) is 6.04 Å². The zero-order valence-electron chi connectivity index (χ0n) is 16.1. The Morgan fingerprint density at radius 1 is 1.14 bits per heavy atom. The number of nitrogens with zero attached hydrogens (tertiary/aromatic N) is 2. The van der Waals surface area contributed by atoms with Gasteiger partial charge in [0.15, 0.2) is 0 Å². The number of thiophene rings is 1. The maximum absolute atomic E-state index is 12.4. The lowest BCUT2D eigenvalue weighted by Crippen LogP contribution is -2.52. The summed E-state index contributed by atoms with van der Waals surface area (Å²) in [7, 11) is 0. The van der Waals surface area contributed by atoms with Crippen molar-refractivity contribution in [3.05, 3.63) is 51.7 Å². The Labute approximate surface area is 178 Å². The number of nitrogens with one attached hydrogen (secondary N) is 2. The van der Waals surface area contributed by atoms with Crippen LogP contribution in [-0.2, 0) is 9.59 Å². The fourth-order valence-electron chi connectivity index (χ4n) is 3.06. The molecule has 2 N–H and O–H groups in total. The van der Waals surface area contributed by atoms with E-state index in [4.69, 9.17) is 11.6 Å². The van der Waals surface area contributed by atoms with E-state index in [1.165, 1.54) is 11.3 Å². The van der Waals surface area contributed by atoms with Gasteiger partial charge in [0.25, 0.3) is 5.91 Å². The van der Waals surface area contributed by atoms with Gasteiger partial charge >= 0.3 is 0 Å². The van der Waals surface area contributed by atoms with Crippen molar-refractivity contribution in [3.63, 3.8) is 0 Å². The van der Waals surface area contributed by atoms with Crippen LogP contribution in [0.1, 0.15) is 16.6 Å². The number of rotatable bonds is 6. The lowest BCUT2D eigenvalue weighted by Gasteiger charge is -2.36. The molecule has 2 aromatic rings. The Bertz CT molecular complexity index is 866. The van der Waals surface area contributed by atoms with E-state index >= 15 is 0 Å². The van der Waals surface area contributed by atoms with Gasteiger partial charge in [-0.2, -0.15) is 0 Å². The zero-order valence-corrected chi connectivity index (χ0v) is 17.6. The highest BCUT2D eigenvalue weighted by molar-refractivity contribution is 7.12. The summed E-state index contributed by atoms with van der Waals surface area (Å²) >= 11 is 7.35. The summed E-state index contributed by atoms with van der Waals surface area (Å²) in [6.07, 6.45) is 0. The molecule has 29 heavy (non-hydrogen) atoms. The summed E-state index contributed by atoms with van der Waals surface area (Å²) in [5, 5.41) is 7.72. The van der Waals surface area contributed by atoms with Gasteiger partial charge in [-0.1, -0.05) is 23.7 Å². The topological polar surface area (TPSA) is 81.8 Å². The number of benzene rings is 1. The monoisotopic (exact) mass is 434 g/mol. The van der Waals surface area contributed by atoms with E-state index in [1.807, 2.05) is 24.3 Å². The van der Waals surface area contributed by atoms with Crippen molar-refractivity contribution in [2.24, 2.45) is 0 Å². The summed E-state index contributed by atoms with van der Waals surface area (Å²) in [6, 6.07) is 10.4. The van der Waals surface area contributed by atoms with Crippen LogP contribution in [0.25, 0.3) is 0 Å². The molecule has 9 heteroatoms. The molecule has 0 bridgehead atoms. The SMILES string of the molecule is CC(NC(=O)c1cccs1)C(=O)NCC(=O)N1CCN(c2cccc(Cl)c2)CC1. The molecule has 2 heterocycles. The van der Waals surface area contributed by atoms with Crippen LogP contribution in [0, 0.1) is 0 Å². The Kier molecular flexibility index (Phi) is 7.11. The molecule has 1 aliphatic heterocycles. The lowest BCUT2D eigenvalue weighted by molar-refractivity contribution is -0.133. The Morgan fingerprint density at radius 3 is 2.55 bits per heavy atom. The summed E-state index contributed by atoms with van der Waals surface area (Å²) in [4.78, 5) is 41.1. The van der Waals surface area contributed by atoms with Crippen LogP contribution in [0.5, 0.6) is 0 Å². The largest absolute Gasteiger partial charge is 0.368 e. The van der Waals surface area contributed by atoms with Crippen molar-refractivity contribution in [2.75, 3.05) is 37.6 Å². The fourth-order valence-corrected chi connectivity index (χ4v) is 3.87. The molecule has 0 aliphatic carbocycles. The van der Waals surface area contributed by atoms with Gasteiger partial charge in [0, 0.05) is 36.9 Å². The summed E-state index contributed by atoms with van der Waals surface area (Å²) in [6.45, 7) is 4.06. The quantitative estimate of drug-likeness (QED) is 0.728. The highest BCUT2D eigenvalue weighted by atomic mass is 35.5. The first-order valence-corrected chi connectivity index (χ1v) is 10.6. The Morgan fingerprint density at radius 2 is 1.90 bits per heavy atom. The number of halogens is 1. The molecule has 154 valence electrons. The minimum atomic E-state index is -0.725. The second kappa shape index (κ2) is 9.76. The van der Waals surface area contributed by atoms with Gasteiger partial charge in [0.2, 0.25) is 11.8 Å². The van der Waals surface area contributed by atoms with Crippen molar-refractivity contribution in [1.29, 1.82) is 0 Å². The van der Waals surface area contributed by atoms with Crippen LogP contribution < -0.4 is 15.5 Å². The molecule has 1 unspecified atom stereocenters. The second-order valence-electron chi connectivity index (χ2n) is 6.74. The van der Waals surface area contributed by atoms with E-state index in [0.717, 1.165) is 5.69 Å². The molecule has 3 rings (SSSR count). The Balaban J connectivity index is 1.41. The van der Waals surface area contributed by atoms with Crippen LogP contribution in [-0.4, -0.2) is 61.4 Å². The van der Waals surface area contributed by atoms with Gasteiger partial charge in [-0.25, -0.2) is 0 Å². The second-order valence-corrected chi connectivity index (χ2v) is 8.12. The number of piperazine rings is 1. The minimum absolute atomic E-state index is 0.0881. The van der Waals surface area contributed by atoms with Gasteiger partial charge in [-0.05, 0) is 36.6 Å². The Hall–Kier alpha value is -2.58. The van der Waals surface area contributed by atoms with Gasteiger partial charge in [-0.15, -0.1) is 11.3 Å². The van der Waals surface area contributed by atoms with Crippen LogP contribution in [0.15, 0.2) is 41.8 Å². The van der Waals surface area contributed by atoms with E-state index in [2.05, 4.69) is 15.5 Å². The smallest absolute Gasteiger partial charge is 0.261 e. The third kappa shape index (κ3) is 5.71. The number of anilines is 1. The predicted molar refractivity (Wildman–Crippen MR) is 115 cm³/mol. The van der Waals surface area contributed by atoms with Crippen molar-refractivity contribution in [3.8, 4) is 0 Å².